The van der Waals surface area contributed by atoms with Gasteiger partial charge < -0.3 is 25.0 Å². The van der Waals surface area contributed by atoms with Crippen LogP contribution in [0, 0.1) is 11.3 Å². The van der Waals surface area contributed by atoms with Crippen molar-refractivity contribution in [2.45, 2.75) is 69.7 Å². The number of rotatable bonds is 16. The number of hydrogen-bond donors (Lipinski definition) is 4. The Morgan fingerprint density at radius 2 is 1.68 bits per heavy atom. The fourth-order valence-corrected chi connectivity index (χ4v) is 8.84. The minimum Gasteiger partial charge on any atom is -0.370 e. The van der Waals surface area contributed by atoms with Crippen LogP contribution in [0.2, 0.25) is 0 Å². The van der Waals surface area contributed by atoms with Gasteiger partial charge in [0.25, 0.3) is 0 Å². The summed E-state index contributed by atoms with van der Waals surface area (Å²) in [5, 5.41) is 10.1. The maximum absolute atomic E-state index is 13.8. The topological polar surface area (TPSA) is 164 Å². The number of benzene rings is 2. The summed E-state index contributed by atoms with van der Waals surface area (Å²) < 4.78 is 54.0. The lowest BCUT2D eigenvalue weighted by Gasteiger charge is -2.35. The first-order chi connectivity index (χ1) is 20.8. The van der Waals surface area contributed by atoms with Crippen LogP contribution in [0.3, 0.4) is 0 Å². The van der Waals surface area contributed by atoms with Crippen LogP contribution in [0.1, 0.15) is 64.5 Å². The van der Waals surface area contributed by atoms with Crippen molar-refractivity contribution in [2.75, 3.05) is 39.0 Å². The van der Waals surface area contributed by atoms with Gasteiger partial charge in [-0.15, -0.1) is 0 Å². The van der Waals surface area contributed by atoms with Crippen LogP contribution in [-0.4, -0.2) is 70.2 Å². The van der Waals surface area contributed by atoms with Crippen molar-refractivity contribution in [2.24, 2.45) is 11.7 Å². The molecule has 2 aromatic carbocycles. The number of guanidine groups is 1. The fraction of sp³-hybridized carbons (Fsp3) is 0.548. The number of hydrogen-bond acceptors (Lipinski definition) is 7. The minimum atomic E-state index is -4.06. The van der Waals surface area contributed by atoms with Crippen LogP contribution in [0.15, 0.2) is 59.5 Å². The van der Waals surface area contributed by atoms with E-state index >= 15 is 0 Å². The second kappa shape index (κ2) is 16.0. The third-order valence-electron chi connectivity index (χ3n) is 8.00. The quantitative estimate of drug-likeness (QED) is 0.0898. The second-order valence-corrected chi connectivity index (χ2v) is 15.4. The predicted molar refractivity (Wildman–Crippen MR) is 173 cm³/mol. The predicted octanol–water partition coefficient (Wildman–Crippen LogP) is 4.43. The van der Waals surface area contributed by atoms with Gasteiger partial charge in [-0.25, -0.2) is 8.42 Å². The molecular formula is C31H48N5O6PS. The molecule has 1 amide bonds. The summed E-state index contributed by atoms with van der Waals surface area (Å²) in [5.74, 6) is -0.438. The molecule has 1 unspecified atom stereocenters. The van der Waals surface area contributed by atoms with Gasteiger partial charge in [-0.3, -0.25) is 14.8 Å². The van der Waals surface area contributed by atoms with Gasteiger partial charge in [0, 0.05) is 25.0 Å². The number of carbonyl (C=O) groups excluding carboxylic acids is 1. The van der Waals surface area contributed by atoms with E-state index in [0.29, 0.717) is 58.3 Å². The number of piperidine rings is 1. The smallest absolute Gasteiger partial charge is 0.330 e. The molecule has 11 nitrogen and oxygen atoms in total. The highest BCUT2D eigenvalue weighted by atomic mass is 32.2. The number of nitrogens with zero attached hydrogens (tertiary/aromatic N) is 1. The highest BCUT2D eigenvalue weighted by Gasteiger charge is 2.35. The van der Waals surface area contributed by atoms with Crippen molar-refractivity contribution < 1.29 is 26.8 Å². The third-order valence-corrected chi connectivity index (χ3v) is 11.7. The highest BCUT2D eigenvalue weighted by molar-refractivity contribution is 7.89. The average molecular weight is 650 g/mol. The minimum absolute atomic E-state index is 0.0635. The number of nitrogens with two attached hydrogens (primary N) is 1. The molecule has 1 aliphatic rings. The zero-order valence-corrected chi connectivity index (χ0v) is 28.0. The van der Waals surface area contributed by atoms with Crippen LogP contribution >= 0.6 is 7.60 Å². The molecule has 5 N–H and O–H groups in total. The maximum atomic E-state index is 13.8. The van der Waals surface area contributed by atoms with Crippen molar-refractivity contribution in [3.63, 3.8) is 0 Å². The Balaban J connectivity index is 1.76. The molecule has 2 aromatic rings. The summed E-state index contributed by atoms with van der Waals surface area (Å²) in [6.45, 7) is 9.37. The molecule has 44 heavy (non-hydrogen) atoms. The van der Waals surface area contributed by atoms with Gasteiger partial charge >= 0.3 is 7.60 Å². The first-order valence-electron chi connectivity index (χ1n) is 15.2. The monoisotopic (exact) mass is 649 g/mol. The molecular weight excluding hydrogens is 601 g/mol. The van der Waals surface area contributed by atoms with Gasteiger partial charge in [-0.2, -0.15) is 4.72 Å². The van der Waals surface area contributed by atoms with Crippen molar-refractivity contribution in [3.05, 3.63) is 65.7 Å². The zero-order chi connectivity index (χ0) is 32.4. The van der Waals surface area contributed by atoms with E-state index in [9.17, 15) is 17.8 Å². The molecule has 1 aliphatic heterocycles. The molecule has 1 atom stereocenters. The summed E-state index contributed by atoms with van der Waals surface area (Å²) in [7, 11) is -7.27. The lowest BCUT2D eigenvalue weighted by atomic mass is 9.78. The molecule has 244 valence electrons. The summed E-state index contributed by atoms with van der Waals surface area (Å²) >= 11 is 0. The van der Waals surface area contributed by atoms with Gasteiger partial charge in [0.05, 0.1) is 24.3 Å². The third kappa shape index (κ3) is 9.87. The highest BCUT2D eigenvalue weighted by Crippen LogP contribution is 2.50. The summed E-state index contributed by atoms with van der Waals surface area (Å²) in [5.41, 5.74) is 6.84. The number of likely N-dealkylation sites (tertiary alicyclic amines) is 1. The normalized spacial score (nSPS) is 15.6. The lowest BCUT2D eigenvalue weighted by Crippen LogP contribution is -2.51. The molecule has 0 aromatic heterocycles. The van der Waals surface area contributed by atoms with E-state index in [1.54, 1.807) is 30.9 Å². The second-order valence-electron chi connectivity index (χ2n) is 11.6. The molecule has 1 saturated heterocycles. The Bertz CT molecular complexity index is 1390. The van der Waals surface area contributed by atoms with E-state index in [0.717, 1.165) is 11.1 Å². The van der Waals surface area contributed by atoms with Crippen LogP contribution < -0.4 is 15.8 Å². The van der Waals surface area contributed by atoms with Crippen molar-refractivity contribution in [1.82, 2.24) is 14.9 Å². The van der Waals surface area contributed by atoms with E-state index < -0.39 is 29.1 Å². The van der Waals surface area contributed by atoms with Gasteiger partial charge in [0.2, 0.25) is 15.9 Å². The molecule has 0 radical (unpaired) electrons. The van der Waals surface area contributed by atoms with Crippen LogP contribution in [-0.2, 0) is 33.8 Å². The lowest BCUT2D eigenvalue weighted by molar-refractivity contribution is -0.134. The van der Waals surface area contributed by atoms with E-state index in [4.69, 9.17) is 20.2 Å². The van der Waals surface area contributed by atoms with E-state index in [1.807, 2.05) is 50.2 Å². The molecule has 0 saturated carbocycles. The van der Waals surface area contributed by atoms with Gasteiger partial charge in [0.1, 0.15) is 6.04 Å². The Kier molecular flexibility index (Phi) is 13.0. The first kappa shape index (κ1) is 35.7. The SMILES string of the molecule is CCOP(=O)(CC1CCN(C(=O)C(CCCNC(=N)N)NS(=O)(=O)c2cccc(C(C)(C)c3ccccc3)c2)CC1)OCC. The number of nitrogens with one attached hydrogen (secondary N) is 3. The van der Waals surface area contributed by atoms with Crippen molar-refractivity contribution >= 4 is 29.5 Å². The van der Waals surface area contributed by atoms with Crippen molar-refractivity contribution in [3.8, 4) is 0 Å². The average Bonchev–Trinajstić information content (AvgIpc) is 2.99. The van der Waals surface area contributed by atoms with Gasteiger partial charge in [-0.05, 0) is 68.7 Å². The summed E-state index contributed by atoms with van der Waals surface area (Å²) in [6.07, 6.45) is 2.15. The molecule has 0 spiro atoms. The largest absolute Gasteiger partial charge is 0.370 e. The number of amides is 1. The van der Waals surface area contributed by atoms with Gasteiger partial charge in [0.15, 0.2) is 5.96 Å². The molecule has 0 aliphatic carbocycles. The van der Waals surface area contributed by atoms with E-state index in [2.05, 4.69) is 10.0 Å². The number of carbonyl (C=O) groups is 1. The summed E-state index contributed by atoms with van der Waals surface area (Å²) in [4.78, 5) is 15.5. The number of sulfonamides is 1. The van der Waals surface area contributed by atoms with E-state index in [1.165, 1.54) is 6.07 Å². The Morgan fingerprint density at radius 3 is 2.27 bits per heavy atom. The molecule has 13 heteroatoms. The van der Waals surface area contributed by atoms with Crippen molar-refractivity contribution in [1.29, 1.82) is 5.41 Å². The first-order valence-corrected chi connectivity index (χ1v) is 18.5. The molecule has 3 rings (SSSR count). The molecule has 1 heterocycles. The fourth-order valence-electron chi connectivity index (χ4n) is 5.50. The maximum Gasteiger partial charge on any atom is 0.330 e. The molecule has 1 fully saturated rings. The Hall–Kier alpha value is -2.76. The van der Waals surface area contributed by atoms with Crippen LogP contribution in [0.5, 0.6) is 0 Å². The van der Waals surface area contributed by atoms with Gasteiger partial charge in [-0.1, -0.05) is 56.3 Å². The summed E-state index contributed by atoms with van der Waals surface area (Å²) in [6, 6.07) is 15.7. The zero-order valence-electron chi connectivity index (χ0n) is 26.3. The Labute approximate surface area is 262 Å². The Morgan fingerprint density at radius 1 is 1.07 bits per heavy atom. The standard InChI is InChI=1S/C31H48N5O6PS/c1-5-41-43(38,42-6-2)23-24-17-20-36(21-18-24)29(37)28(16-11-19-34-30(32)33)35-44(39,40)27-15-10-14-26(22-27)31(3,4)25-12-8-7-9-13-25/h7-10,12-15,22,24,28,35H,5-6,11,16-21,23H2,1-4H3,(H4,32,33,34). The van der Waals surface area contributed by atoms with Crippen LogP contribution in [0.25, 0.3) is 0 Å². The molecule has 0 bridgehead atoms. The van der Waals surface area contributed by atoms with Crippen LogP contribution in [0.4, 0.5) is 0 Å². The van der Waals surface area contributed by atoms with E-state index in [-0.39, 0.29) is 29.1 Å².